The maximum atomic E-state index is 11.8. The van der Waals surface area contributed by atoms with E-state index in [0.29, 0.717) is 12.5 Å². The Labute approximate surface area is 106 Å². The topological polar surface area (TPSA) is 78.1 Å². The lowest BCUT2D eigenvalue weighted by Crippen LogP contribution is -2.43. The van der Waals surface area contributed by atoms with E-state index < -0.39 is 0 Å². The lowest BCUT2D eigenvalue weighted by atomic mass is 10.0. The molecule has 18 heavy (non-hydrogen) atoms. The standard InChI is InChI=1S/C12H20N4O2/c1-8(2)10(16(3)4)7-13-12(18)9-5-6-11(17)15-14-9/h5-6,8,10H,7H2,1-4H3,(H,13,18)(H,15,17)/t10-/m1/s1. The molecule has 6 heteroatoms. The molecular weight excluding hydrogens is 232 g/mol. The molecular formula is C12H20N4O2. The van der Waals surface area contributed by atoms with Gasteiger partial charge in [-0.15, -0.1) is 0 Å². The van der Waals surface area contributed by atoms with Crippen LogP contribution in [-0.2, 0) is 0 Å². The first-order valence-corrected chi connectivity index (χ1v) is 5.92. The fourth-order valence-electron chi connectivity index (χ4n) is 1.77. The Morgan fingerprint density at radius 1 is 1.44 bits per heavy atom. The lowest BCUT2D eigenvalue weighted by molar-refractivity contribution is 0.0928. The summed E-state index contributed by atoms with van der Waals surface area (Å²) in [5.41, 5.74) is -0.101. The molecule has 100 valence electrons. The van der Waals surface area contributed by atoms with E-state index >= 15 is 0 Å². The van der Waals surface area contributed by atoms with Crippen LogP contribution in [0.4, 0.5) is 0 Å². The highest BCUT2D eigenvalue weighted by Gasteiger charge is 2.17. The van der Waals surface area contributed by atoms with Crippen molar-refractivity contribution in [3.8, 4) is 0 Å². The van der Waals surface area contributed by atoms with Crippen LogP contribution in [0.3, 0.4) is 0 Å². The van der Waals surface area contributed by atoms with E-state index in [0.717, 1.165) is 0 Å². The van der Waals surface area contributed by atoms with E-state index in [-0.39, 0.29) is 23.2 Å². The minimum Gasteiger partial charge on any atom is -0.349 e. The van der Waals surface area contributed by atoms with Crippen LogP contribution < -0.4 is 10.9 Å². The van der Waals surface area contributed by atoms with Gasteiger partial charge in [-0.1, -0.05) is 13.8 Å². The van der Waals surface area contributed by atoms with Crippen molar-refractivity contribution in [1.29, 1.82) is 0 Å². The van der Waals surface area contributed by atoms with Gasteiger partial charge in [-0.05, 0) is 26.1 Å². The molecule has 6 nitrogen and oxygen atoms in total. The first kappa shape index (κ1) is 14.4. The molecule has 2 N–H and O–H groups in total. The number of likely N-dealkylation sites (N-methyl/N-ethyl adjacent to an activating group) is 1. The Hall–Kier alpha value is -1.69. The van der Waals surface area contributed by atoms with E-state index in [4.69, 9.17) is 0 Å². The summed E-state index contributed by atoms with van der Waals surface area (Å²) in [5, 5.41) is 8.74. The molecule has 1 aromatic rings. The normalized spacial score (nSPS) is 12.8. The Kier molecular flexibility index (Phi) is 5.03. The minimum absolute atomic E-state index is 0.218. The highest BCUT2D eigenvalue weighted by molar-refractivity contribution is 5.91. The Morgan fingerprint density at radius 2 is 2.11 bits per heavy atom. The summed E-state index contributed by atoms with van der Waals surface area (Å²) in [6.45, 7) is 4.76. The number of nitrogens with one attached hydrogen (secondary N) is 2. The van der Waals surface area contributed by atoms with E-state index in [9.17, 15) is 9.59 Å². The Balaban J connectivity index is 2.60. The molecule has 0 bridgehead atoms. The molecule has 0 saturated carbocycles. The number of hydrogen-bond donors (Lipinski definition) is 2. The van der Waals surface area contributed by atoms with Crippen molar-refractivity contribution in [2.24, 2.45) is 5.92 Å². The van der Waals surface area contributed by atoms with E-state index in [1.165, 1.54) is 12.1 Å². The monoisotopic (exact) mass is 252 g/mol. The van der Waals surface area contributed by atoms with Gasteiger partial charge in [0.15, 0.2) is 0 Å². The Morgan fingerprint density at radius 3 is 2.56 bits per heavy atom. The van der Waals surface area contributed by atoms with Crippen LogP contribution in [0.25, 0.3) is 0 Å². The molecule has 0 aliphatic rings. The van der Waals surface area contributed by atoms with E-state index in [2.05, 4.69) is 34.3 Å². The summed E-state index contributed by atoms with van der Waals surface area (Å²) in [6.07, 6.45) is 0. The van der Waals surface area contributed by atoms with Crippen LogP contribution in [0.2, 0.25) is 0 Å². The van der Waals surface area contributed by atoms with E-state index in [1.807, 2.05) is 14.1 Å². The summed E-state index contributed by atoms with van der Waals surface area (Å²) in [4.78, 5) is 24.7. The number of hydrogen-bond acceptors (Lipinski definition) is 4. The molecule has 0 saturated heterocycles. The molecule has 0 fully saturated rings. The Bertz CT molecular complexity index is 425. The second kappa shape index (κ2) is 6.30. The molecule has 0 spiro atoms. The summed E-state index contributed by atoms with van der Waals surface area (Å²) < 4.78 is 0. The lowest BCUT2D eigenvalue weighted by Gasteiger charge is -2.27. The van der Waals surface area contributed by atoms with Crippen LogP contribution in [-0.4, -0.2) is 47.7 Å². The fourth-order valence-corrected chi connectivity index (χ4v) is 1.77. The summed E-state index contributed by atoms with van der Waals surface area (Å²) >= 11 is 0. The second-order valence-corrected chi connectivity index (χ2v) is 4.79. The minimum atomic E-state index is -0.320. The number of carbonyl (C=O) groups excluding carboxylic acids is 1. The molecule has 1 atom stereocenters. The molecule has 0 unspecified atom stereocenters. The molecule has 1 rings (SSSR count). The number of amides is 1. The van der Waals surface area contributed by atoms with Gasteiger partial charge in [0.05, 0.1) is 0 Å². The van der Waals surface area contributed by atoms with Gasteiger partial charge in [-0.2, -0.15) is 5.10 Å². The molecule has 0 aliphatic carbocycles. The predicted molar refractivity (Wildman–Crippen MR) is 69.5 cm³/mol. The van der Waals surface area contributed by atoms with Crippen molar-refractivity contribution >= 4 is 5.91 Å². The summed E-state index contributed by atoms with van der Waals surface area (Å²) in [6, 6.07) is 2.96. The zero-order chi connectivity index (χ0) is 13.7. The summed E-state index contributed by atoms with van der Waals surface area (Å²) in [5.74, 6) is 0.155. The molecule has 0 aromatic carbocycles. The number of H-pyrrole nitrogens is 1. The van der Waals surface area contributed by atoms with Gasteiger partial charge in [0, 0.05) is 18.7 Å². The van der Waals surface area contributed by atoms with Crippen molar-refractivity contribution in [1.82, 2.24) is 20.4 Å². The quantitative estimate of drug-likeness (QED) is 0.778. The number of rotatable bonds is 5. The third kappa shape index (κ3) is 3.96. The van der Waals surface area contributed by atoms with Crippen LogP contribution in [0, 0.1) is 5.92 Å². The first-order valence-electron chi connectivity index (χ1n) is 5.92. The van der Waals surface area contributed by atoms with Gasteiger partial charge in [0.2, 0.25) is 0 Å². The van der Waals surface area contributed by atoms with Crippen LogP contribution >= 0.6 is 0 Å². The van der Waals surface area contributed by atoms with E-state index in [1.54, 1.807) is 0 Å². The predicted octanol–water partition coefficient (Wildman–Crippen LogP) is 0.0859. The van der Waals surface area contributed by atoms with Crippen LogP contribution in [0.1, 0.15) is 24.3 Å². The number of carbonyl (C=O) groups is 1. The molecule has 0 radical (unpaired) electrons. The average Bonchev–Trinajstić information content (AvgIpc) is 2.28. The summed E-state index contributed by atoms with van der Waals surface area (Å²) in [7, 11) is 3.96. The molecule has 0 aliphatic heterocycles. The zero-order valence-electron chi connectivity index (χ0n) is 11.2. The highest BCUT2D eigenvalue weighted by Crippen LogP contribution is 2.06. The number of aromatic nitrogens is 2. The van der Waals surface area contributed by atoms with Crippen molar-refractivity contribution < 1.29 is 4.79 Å². The maximum absolute atomic E-state index is 11.8. The van der Waals surface area contributed by atoms with Gasteiger partial charge in [-0.3, -0.25) is 9.59 Å². The molecule has 1 amide bonds. The SMILES string of the molecule is CC(C)[C@@H](CNC(=O)c1ccc(=O)[nH]n1)N(C)C. The van der Waals surface area contributed by atoms with Crippen LogP contribution in [0.5, 0.6) is 0 Å². The first-order chi connectivity index (χ1) is 8.41. The second-order valence-electron chi connectivity index (χ2n) is 4.79. The smallest absolute Gasteiger partial charge is 0.271 e. The van der Waals surface area contributed by atoms with Gasteiger partial charge in [0.1, 0.15) is 5.69 Å². The molecule has 1 heterocycles. The van der Waals surface area contributed by atoms with Gasteiger partial charge in [-0.25, -0.2) is 5.10 Å². The fraction of sp³-hybridized carbons (Fsp3) is 0.583. The highest BCUT2D eigenvalue weighted by atomic mass is 16.2. The van der Waals surface area contributed by atoms with Crippen LogP contribution in [0.15, 0.2) is 16.9 Å². The molecule has 1 aromatic heterocycles. The largest absolute Gasteiger partial charge is 0.349 e. The van der Waals surface area contributed by atoms with Crippen molar-refractivity contribution in [3.05, 3.63) is 28.2 Å². The van der Waals surface area contributed by atoms with Gasteiger partial charge in [0.25, 0.3) is 11.5 Å². The van der Waals surface area contributed by atoms with Crippen molar-refractivity contribution in [2.75, 3.05) is 20.6 Å². The number of nitrogens with zero attached hydrogens (tertiary/aromatic N) is 2. The third-order valence-electron chi connectivity index (χ3n) is 2.82. The van der Waals surface area contributed by atoms with Gasteiger partial charge < -0.3 is 10.2 Å². The third-order valence-corrected chi connectivity index (χ3v) is 2.82. The van der Waals surface area contributed by atoms with Crippen molar-refractivity contribution in [3.63, 3.8) is 0 Å². The maximum Gasteiger partial charge on any atom is 0.271 e. The van der Waals surface area contributed by atoms with Crippen molar-refractivity contribution in [2.45, 2.75) is 19.9 Å². The average molecular weight is 252 g/mol. The van der Waals surface area contributed by atoms with Gasteiger partial charge >= 0.3 is 0 Å². The zero-order valence-corrected chi connectivity index (χ0v) is 11.2. The number of aromatic amines is 1.